The molecule has 0 spiro atoms. The molecule has 1 aliphatic rings. The summed E-state index contributed by atoms with van der Waals surface area (Å²) in [4.78, 5) is 10.8. The normalized spacial score (nSPS) is 15.5. The molecule has 0 amide bonds. The van der Waals surface area contributed by atoms with Gasteiger partial charge in [-0.15, -0.1) is 0 Å². The lowest BCUT2D eigenvalue weighted by Crippen LogP contribution is -2.13. The number of nitro groups is 1. The third-order valence-corrected chi connectivity index (χ3v) is 3.95. The molecule has 1 atom stereocenters. The Kier molecular flexibility index (Phi) is 3.80. The number of nitrogens with one attached hydrogen (secondary N) is 1. The molecule has 2 aromatic rings. The van der Waals surface area contributed by atoms with Crippen LogP contribution in [0.4, 0.5) is 11.4 Å². The first-order valence-corrected chi connectivity index (χ1v) is 7.28. The minimum absolute atomic E-state index is 0.0177. The first-order chi connectivity index (χ1) is 10.1. The molecule has 1 N–H and O–H groups in total. The van der Waals surface area contributed by atoms with E-state index in [0.29, 0.717) is 16.6 Å². The largest absolute Gasteiger partial charge is 0.372 e. The Bertz CT molecular complexity index is 657. The average Bonchev–Trinajstić information content (AvgIpc) is 3.31. The van der Waals surface area contributed by atoms with Crippen LogP contribution >= 0.6 is 11.6 Å². The third-order valence-electron chi connectivity index (χ3n) is 3.72. The zero-order chi connectivity index (χ0) is 14.8. The number of rotatable bonds is 5. The van der Waals surface area contributed by atoms with Gasteiger partial charge in [0.25, 0.3) is 5.69 Å². The summed E-state index contributed by atoms with van der Waals surface area (Å²) in [5, 5.41) is 14.9. The standard InChI is InChI=1S/C16H15ClN2O2/c17-13-8-9-14(15(10-13)19(20)21)18-16(12-6-7-12)11-4-2-1-3-5-11/h1-5,8-10,12,16,18H,6-7H2. The second-order valence-electron chi connectivity index (χ2n) is 5.29. The van der Waals surface area contributed by atoms with E-state index in [9.17, 15) is 10.1 Å². The van der Waals surface area contributed by atoms with E-state index in [4.69, 9.17) is 11.6 Å². The molecule has 1 unspecified atom stereocenters. The second kappa shape index (κ2) is 5.74. The molecule has 0 heterocycles. The van der Waals surface area contributed by atoms with Gasteiger partial charge in [-0.1, -0.05) is 41.9 Å². The predicted octanol–water partition coefficient (Wildman–Crippen LogP) is 4.81. The van der Waals surface area contributed by atoms with Crippen LogP contribution in [0.3, 0.4) is 0 Å². The number of nitrogens with zero attached hydrogens (tertiary/aromatic N) is 1. The molecule has 3 rings (SSSR count). The lowest BCUT2D eigenvalue weighted by atomic mass is 10.0. The topological polar surface area (TPSA) is 55.2 Å². The van der Waals surface area contributed by atoms with Crippen molar-refractivity contribution in [3.8, 4) is 0 Å². The number of benzene rings is 2. The van der Waals surface area contributed by atoms with Crippen LogP contribution in [0.15, 0.2) is 48.5 Å². The van der Waals surface area contributed by atoms with Gasteiger partial charge in [0.2, 0.25) is 0 Å². The molecule has 4 nitrogen and oxygen atoms in total. The van der Waals surface area contributed by atoms with Crippen LogP contribution in [0.25, 0.3) is 0 Å². The van der Waals surface area contributed by atoms with Crippen LogP contribution in [0, 0.1) is 16.0 Å². The zero-order valence-electron chi connectivity index (χ0n) is 11.3. The highest BCUT2D eigenvalue weighted by molar-refractivity contribution is 6.30. The molecule has 0 aliphatic heterocycles. The maximum absolute atomic E-state index is 11.2. The summed E-state index contributed by atoms with van der Waals surface area (Å²) < 4.78 is 0. The molecule has 0 aromatic heterocycles. The van der Waals surface area contributed by atoms with Crippen LogP contribution in [-0.4, -0.2) is 4.92 Å². The van der Waals surface area contributed by atoms with Crippen molar-refractivity contribution in [3.63, 3.8) is 0 Å². The van der Waals surface area contributed by atoms with Gasteiger partial charge in [0.1, 0.15) is 5.69 Å². The Balaban J connectivity index is 1.92. The molecule has 2 aromatic carbocycles. The molecule has 0 radical (unpaired) electrons. The highest BCUT2D eigenvalue weighted by Crippen LogP contribution is 2.44. The van der Waals surface area contributed by atoms with Gasteiger partial charge in [-0.25, -0.2) is 0 Å². The minimum Gasteiger partial charge on any atom is -0.372 e. The van der Waals surface area contributed by atoms with E-state index in [1.165, 1.54) is 6.07 Å². The van der Waals surface area contributed by atoms with E-state index < -0.39 is 4.92 Å². The first kappa shape index (κ1) is 13.9. The summed E-state index contributed by atoms with van der Waals surface area (Å²) in [5.41, 5.74) is 1.69. The first-order valence-electron chi connectivity index (χ1n) is 6.90. The van der Waals surface area contributed by atoms with Gasteiger partial charge in [-0.3, -0.25) is 10.1 Å². The van der Waals surface area contributed by atoms with Crippen LogP contribution in [-0.2, 0) is 0 Å². The zero-order valence-corrected chi connectivity index (χ0v) is 12.1. The summed E-state index contributed by atoms with van der Waals surface area (Å²) in [5.74, 6) is 0.530. The van der Waals surface area contributed by atoms with Gasteiger partial charge in [0.15, 0.2) is 0 Å². The van der Waals surface area contributed by atoms with E-state index in [0.717, 1.165) is 18.4 Å². The van der Waals surface area contributed by atoms with Crippen molar-refractivity contribution < 1.29 is 4.92 Å². The Hall–Kier alpha value is -2.07. The molecule has 21 heavy (non-hydrogen) atoms. The van der Waals surface area contributed by atoms with E-state index in [-0.39, 0.29) is 11.7 Å². The minimum atomic E-state index is -0.400. The van der Waals surface area contributed by atoms with Crippen LogP contribution in [0.1, 0.15) is 24.4 Å². The van der Waals surface area contributed by atoms with Gasteiger partial charge in [-0.2, -0.15) is 0 Å². The summed E-state index contributed by atoms with van der Waals surface area (Å²) in [6.45, 7) is 0. The molecule has 1 fully saturated rings. The predicted molar refractivity (Wildman–Crippen MR) is 83.6 cm³/mol. The number of hydrogen-bond acceptors (Lipinski definition) is 3. The fourth-order valence-corrected chi connectivity index (χ4v) is 2.68. The SMILES string of the molecule is O=[N+]([O-])c1cc(Cl)ccc1NC(c1ccccc1)C1CC1. The molecule has 0 saturated heterocycles. The van der Waals surface area contributed by atoms with Crippen molar-refractivity contribution in [2.75, 3.05) is 5.32 Å². The third kappa shape index (κ3) is 3.16. The van der Waals surface area contributed by atoms with Crippen molar-refractivity contribution in [1.29, 1.82) is 0 Å². The fourth-order valence-electron chi connectivity index (χ4n) is 2.51. The van der Waals surface area contributed by atoms with Crippen molar-refractivity contribution >= 4 is 23.0 Å². The molecule has 1 saturated carbocycles. The second-order valence-corrected chi connectivity index (χ2v) is 5.73. The summed E-state index contributed by atoms with van der Waals surface area (Å²) in [7, 11) is 0. The van der Waals surface area contributed by atoms with E-state index in [1.807, 2.05) is 18.2 Å². The van der Waals surface area contributed by atoms with E-state index in [2.05, 4.69) is 17.4 Å². The van der Waals surface area contributed by atoms with Crippen molar-refractivity contribution in [3.05, 3.63) is 69.2 Å². The van der Waals surface area contributed by atoms with E-state index in [1.54, 1.807) is 12.1 Å². The molecular formula is C16H15ClN2O2. The number of halogens is 1. The van der Waals surface area contributed by atoms with Crippen molar-refractivity contribution in [2.45, 2.75) is 18.9 Å². The lowest BCUT2D eigenvalue weighted by molar-refractivity contribution is -0.384. The van der Waals surface area contributed by atoms with Crippen LogP contribution in [0.2, 0.25) is 5.02 Å². The van der Waals surface area contributed by atoms with Gasteiger partial charge in [0.05, 0.1) is 11.0 Å². The van der Waals surface area contributed by atoms with Crippen molar-refractivity contribution in [2.24, 2.45) is 5.92 Å². The summed E-state index contributed by atoms with van der Waals surface area (Å²) >= 11 is 5.86. The Morgan fingerprint density at radius 3 is 2.52 bits per heavy atom. The monoisotopic (exact) mass is 302 g/mol. The number of hydrogen-bond donors (Lipinski definition) is 1. The highest BCUT2D eigenvalue weighted by Gasteiger charge is 2.33. The maximum Gasteiger partial charge on any atom is 0.293 e. The van der Waals surface area contributed by atoms with E-state index >= 15 is 0 Å². The average molecular weight is 303 g/mol. The molecular weight excluding hydrogens is 288 g/mol. The van der Waals surface area contributed by atoms with Crippen LogP contribution in [0.5, 0.6) is 0 Å². The number of nitro benzene ring substituents is 1. The Labute approximate surface area is 127 Å². The molecule has 5 heteroatoms. The molecule has 108 valence electrons. The summed E-state index contributed by atoms with van der Waals surface area (Å²) in [6.07, 6.45) is 2.29. The fraction of sp³-hybridized carbons (Fsp3) is 0.250. The maximum atomic E-state index is 11.2. The quantitative estimate of drug-likeness (QED) is 0.637. The van der Waals surface area contributed by atoms with Gasteiger partial charge in [0, 0.05) is 11.1 Å². The number of anilines is 1. The highest BCUT2D eigenvalue weighted by atomic mass is 35.5. The van der Waals surface area contributed by atoms with Crippen LogP contribution < -0.4 is 5.32 Å². The smallest absolute Gasteiger partial charge is 0.293 e. The molecule has 1 aliphatic carbocycles. The van der Waals surface area contributed by atoms with Crippen molar-refractivity contribution in [1.82, 2.24) is 0 Å². The molecule has 0 bridgehead atoms. The summed E-state index contributed by atoms with van der Waals surface area (Å²) in [6, 6.07) is 14.9. The Morgan fingerprint density at radius 1 is 1.19 bits per heavy atom. The Morgan fingerprint density at radius 2 is 1.90 bits per heavy atom. The van der Waals surface area contributed by atoms with Gasteiger partial charge >= 0.3 is 0 Å². The van der Waals surface area contributed by atoms with Gasteiger partial charge < -0.3 is 5.32 Å². The lowest BCUT2D eigenvalue weighted by Gasteiger charge is -2.20. The van der Waals surface area contributed by atoms with Gasteiger partial charge in [-0.05, 0) is 36.5 Å².